The molecule has 0 spiro atoms. The number of methoxy groups -OCH3 is 1. The number of amidine groups is 1. The van der Waals surface area contributed by atoms with Gasteiger partial charge in [0.2, 0.25) is 0 Å². The number of ketones is 1. The zero-order chi connectivity index (χ0) is 19.7. The Labute approximate surface area is 173 Å². The minimum atomic E-state index is 0.00246. The molecule has 0 N–H and O–H groups in total. The lowest BCUT2D eigenvalue weighted by Gasteiger charge is -2.40. The third-order valence-electron chi connectivity index (χ3n) is 5.14. The quantitative estimate of drug-likeness (QED) is 0.711. The number of rotatable bonds is 4. The van der Waals surface area contributed by atoms with Crippen LogP contribution in [0.2, 0.25) is 0 Å². The van der Waals surface area contributed by atoms with Crippen molar-refractivity contribution in [2.24, 2.45) is 4.99 Å². The number of benzene rings is 1. The first kappa shape index (κ1) is 19.6. The summed E-state index contributed by atoms with van der Waals surface area (Å²) < 4.78 is 6.34. The summed E-state index contributed by atoms with van der Waals surface area (Å²) in [5, 5.41) is 0.551. The van der Waals surface area contributed by atoms with Gasteiger partial charge in [-0.25, -0.2) is 9.98 Å². The van der Waals surface area contributed by atoms with Gasteiger partial charge in [0.25, 0.3) is 0 Å². The number of aliphatic imine (C=N–C) groups is 1. The van der Waals surface area contributed by atoms with Crippen molar-refractivity contribution >= 4 is 40.4 Å². The van der Waals surface area contributed by atoms with Crippen molar-refractivity contribution in [3.05, 3.63) is 35.0 Å². The van der Waals surface area contributed by atoms with E-state index < -0.39 is 0 Å². The smallest absolute Gasteiger partial charge is 0.188 e. The normalized spacial score (nSPS) is 19.6. The van der Waals surface area contributed by atoms with Gasteiger partial charge in [0.1, 0.15) is 5.69 Å². The molecule has 0 bridgehead atoms. The van der Waals surface area contributed by atoms with Gasteiger partial charge >= 0.3 is 0 Å². The Balaban J connectivity index is 1.73. The second kappa shape index (κ2) is 8.32. The average Bonchev–Trinajstić information content (AvgIpc) is 3.04. The van der Waals surface area contributed by atoms with Crippen LogP contribution in [0.3, 0.4) is 0 Å². The molecular weight excluding hydrogens is 392 g/mol. The maximum absolute atomic E-state index is 12.0. The Morgan fingerprint density at radius 3 is 2.93 bits per heavy atom. The van der Waals surface area contributed by atoms with Crippen molar-refractivity contribution in [1.29, 1.82) is 0 Å². The topological polar surface area (TPSA) is 58.0 Å². The van der Waals surface area contributed by atoms with Crippen molar-refractivity contribution in [1.82, 2.24) is 14.8 Å². The number of aromatic nitrogens is 1. The summed E-state index contributed by atoms with van der Waals surface area (Å²) in [6.07, 6.45) is 0.977. The minimum Gasteiger partial charge on any atom is -0.385 e. The van der Waals surface area contributed by atoms with Crippen LogP contribution in [0.4, 0.5) is 5.69 Å². The summed E-state index contributed by atoms with van der Waals surface area (Å²) in [7, 11) is 3.91. The van der Waals surface area contributed by atoms with Crippen LogP contribution in [0.25, 0.3) is 0 Å². The third kappa shape index (κ3) is 3.87. The zero-order valence-corrected chi connectivity index (χ0v) is 18.0. The molecule has 1 fully saturated rings. The molecule has 2 aliphatic rings. The second-order valence-electron chi connectivity index (χ2n) is 7.08. The van der Waals surface area contributed by atoms with E-state index >= 15 is 0 Å². The Bertz CT molecular complexity index is 911. The fourth-order valence-corrected chi connectivity index (χ4v) is 5.66. The fourth-order valence-electron chi connectivity index (χ4n) is 3.49. The van der Waals surface area contributed by atoms with Gasteiger partial charge in [-0.15, -0.1) is 11.3 Å². The Morgan fingerprint density at radius 2 is 2.14 bits per heavy atom. The van der Waals surface area contributed by atoms with Crippen LogP contribution in [-0.2, 0) is 4.74 Å². The molecule has 6 nitrogen and oxygen atoms in total. The molecule has 2 aromatic rings. The number of likely N-dealkylation sites (N-methyl/N-ethyl adjacent to an activating group) is 1. The van der Waals surface area contributed by atoms with E-state index in [1.807, 2.05) is 18.2 Å². The summed E-state index contributed by atoms with van der Waals surface area (Å²) in [6, 6.07) is 8.56. The standard InChI is InChI=1S/C20H24N4O2S2/c1-13(25)19-22-17-18(24-10-9-23(2)14(12-24)8-11-26-3)21-15-6-4-5-7-16(15)27-20(17)28-19/h4-7,14H,8-12H2,1-3H3/t14-/m0/s1. The van der Waals surface area contributed by atoms with Crippen molar-refractivity contribution in [2.45, 2.75) is 28.5 Å². The zero-order valence-electron chi connectivity index (χ0n) is 16.3. The highest BCUT2D eigenvalue weighted by molar-refractivity contribution is 8.01. The predicted molar refractivity (Wildman–Crippen MR) is 113 cm³/mol. The molecule has 0 amide bonds. The lowest BCUT2D eigenvalue weighted by molar-refractivity contribution is 0.0999. The highest BCUT2D eigenvalue weighted by atomic mass is 32.2. The van der Waals surface area contributed by atoms with Gasteiger partial charge in [0, 0.05) is 51.2 Å². The van der Waals surface area contributed by atoms with E-state index in [1.165, 1.54) is 11.3 Å². The van der Waals surface area contributed by atoms with Gasteiger partial charge in [-0.05, 0) is 25.6 Å². The Kier molecular flexibility index (Phi) is 5.82. The molecule has 28 heavy (non-hydrogen) atoms. The van der Waals surface area contributed by atoms with Crippen LogP contribution in [0.5, 0.6) is 0 Å². The molecule has 2 aliphatic heterocycles. The van der Waals surface area contributed by atoms with Gasteiger partial charge in [-0.3, -0.25) is 9.69 Å². The first-order chi connectivity index (χ1) is 13.6. The number of hydrogen-bond donors (Lipinski definition) is 0. The first-order valence-electron chi connectivity index (χ1n) is 9.38. The largest absolute Gasteiger partial charge is 0.385 e. The van der Waals surface area contributed by atoms with Gasteiger partial charge in [-0.2, -0.15) is 0 Å². The number of thiazole rings is 1. The molecule has 0 aliphatic carbocycles. The van der Waals surface area contributed by atoms with E-state index in [-0.39, 0.29) is 5.78 Å². The van der Waals surface area contributed by atoms with Gasteiger partial charge in [0.15, 0.2) is 16.6 Å². The van der Waals surface area contributed by atoms with Crippen LogP contribution in [-0.4, -0.2) is 72.8 Å². The van der Waals surface area contributed by atoms with Crippen LogP contribution in [0.1, 0.15) is 28.8 Å². The lowest BCUT2D eigenvalue weighted by Crippen LogP contribution is -2.53. The van der Waals surface area contributed by atoms with Crippen LogP contribution in [0.15, 0.2) is 38.4 Å². The molecule has 1 aromatic heterocycles. The second-order valence-corrected chi connectivity index (χ2v) is 9.39. The number of carbonyl (C=O) groups is 1. The highest BCUT2D eigenvalue weighted by Gasteiger charge is 2.31. The molecular formula is C20H24N4O2S2. The highest BCUT2D eigenvalue weighted by Crippen LogP contribution is 2.43. The number of hydrogen-bond acceptors (Lipinski definition) is 8. The number of Topliss-reactive ketones (excluding diaryl/α,β-unsaturated/α-hetero) is 1. The molecule has 3 heterocycles. The molecule has 0 radical (unpaired) electrons. The maximum Gasteiger partial charge on any atom is 0.188 e. The average molecular weight is 417 g/mol. The minimum absolute atomic E-state index is 0.00246. The number of ether oxygens (including phenoxy) is 1. The van der Waals surface area contributed by atoms with E-state index in [2.05, 4.69) is 22.9 Å². The summed E-state index contributed by atoms with van der Waals surface area (Å²) in [5.41, 5.74) is 1.80. The van der Waals surface area contributed by atoms with Crippen molar-refractivity contribution in [3.8, 4) is 0 Å². The van der Waals surface area contributed by atoms with Gasteiger partial charge in [-0.1, -0.05) is 23.9 Å². The SMILES string of the molecule is COCC[C@H]1CN(C2=Nc3ccccc3Sc3sc(C(C)=O)nc32)CCN1C. The molecule has 8 heteroatoms. The van der Waals surface area contributed by atoms with Crippen molar-refractivity contribution in [2.75, 3.05) is 40.4 Å². The summed E-state index contributed by atoms with van der Waals surface area (Å²) in [5.74, 6) is 0.884. The number of fused-ring (bicyclic) bond motifs is 2. The number of nitrogens with zero attached hydrogens (tertiary/aromatic N) is 4. The van der Waals surface area contributed by atoms with Gasteiger partial charge < -0.3 is 9.64 Å². The van der Waals surface area contributed by atoms with E-state index in [1.54, 1.807) is 25.8 Å². The summed E-state index contributed by atoms with van der Waals surface area (Å²) in [6.45, 7) is 5.03. The Morgan fingerprint density at radius 1 is 1.32 bits per heavy atom. The first-order valence-corrected chi connectivity index (χ1v) is 11.0. The molecule has 4 rings (SSSR count). The predicted octanol–water partition coefficient (Wildman–Crippen LogP) is 3.54. The third-order valence-corrected chi connectivity index (χ3v) is 7.53. The molecule has 1 saturated heterocycles. The van der Waals surface area contributed by atoms with Gasteiger partial charge in [0.05, 0.1) is 9.90 Å². The monoisotopic (exact) mass is 416 g/mol. The molecule has 1 atom stereocenters. The fraction of sp³-hybridized carbons (Fsp3) is 0.450. The Hall–Kier alpha value is -1.74. The van der Waals surface area contributed by atoms with Crippen molar-refractivity contribution in [3.63, 3.8) is 0 Å². The number of piperazine rings is 1. The van der Waals surface area contributed by atoms with E-state index in [4.69, 9.17) is 14.7 Å². The number of para-hydroxylation sites is 1. The van der Waals surface area contributed by atoms with Crippen LogP contribution < -0.4 is 0 Å². The lowest BCUT2D eigenvalue weighted by atomic mass is 10.1. The van der Waals surface area contributed by atoms with E-state index in [9.17, 15) is 4.79 Å². The number of carbonyl (C=O) groups excluding carboxylic acids is 1. The summed E-state index contributed by atoms with van der Waals surface area (Å²) >= 11 is 3.12. The molecule has 1 aromatic carbocycles. The van der Waals surface area contributed by atoms with E-state index in [0.29, 0.717) is 11.0 Å². The molecule has 148 valence electrons. The van der Waals surface area contributed by atoms with Crippen molar-refractivity contribution < 1.29 is 9.53 Å². The van der Waals surface area contributed by atoms with E-state index in [0.717, 1.165) is 59.0 Å². The van der Waals surface area contributed by atoms with Crippen LogP contribution in [0, 0.1) is 0 Å². The summed E-state index contributed by atoms with van der Waals surface area (Å²) in [4.78, 5) is 27.5. The maximum atomic E-state index is 12.0. The molecule has 0 unspecified atom stereocenters. The molecule has 0 saturated carbocycles. The van der Waals surface area contributed by atoms with Crippen LogP contribution >= 0.6 is 23.1 Å².